The van der Waals surface area contributed by atoms with Gasteiger partial charge in [-0.3, -0.25) is 0 Å². The summed E-state index contributed by atoms with van der Waals surface area (Å²) in [6, 6.07) is 68.3. The van der Waals surface area contributed by atoms with Crippen molar-refractivity contribution in [3.05, 3.63) is 182 Å². The number of benzene rings is 10. The Hall–Kier alpha value is -6.80. The molecule has 0 amide bonds. The number of rotatable bonds is 3. The number of hydrogen-bond donors (Lipinski definition) is 0. The smallest absolute Gasteiger partial charge is 0.0361 e. The van der Waals surface area contributed by atoms with Crippen molar-refractivity contribution in [3.63, 3.8) is 0 Å². The Morgan fingerprint density at radius 3 is 1.55 bits per heavy atom. The molecule has 1 heterocycles. The van der Waals surface area contributed by atoms with Gasteiger partial charge in [0.15, 0.2) is 0 Å². The SMILES string of the molecule is c1ccc(-c2c3cc4c5ccccc5c5cccc(c3c(-c3ccccc3)c3c6ccc(-c7cccc8sc9ccccc9c78)c7cccc(c23)c76)c54)cc1. The second-order valence-corrected chi connectivity index (χ2v) is 16.1. The molecule has 1 heteroatoms. The van der Waals surface area contributed by atoms with E-state index in [4.69, 9.17) is 0 Å². The van der Waals surface area contributed by atoms with E-state index in [1.165, 1.54) is 129 Å². The van der Waals surface area contributed by atoms with E-state index in [2.05, 4.69) is 182 Å². The molecule has 13 rings (SSSR count). The lowest BCUT2D eigenvalue weighted by molar-refractivity contribution is 1.68. The van der Waals surface area contributed by atoms with E-state index in [0.29, 0.717) is 0 Å². The summed E-state index contributed by atoms with van der Waals surface area (Å²) in [5, 5.41) is 21.3. The molecular weight excluding hydrogens is 681 g/mol. The van der Waals surface area contributed by atoms with Crippen LogP contribution in [0.25, 0.3) is 129 Å². The largest absolute Gasteiger partial charge is 0.135 e. The Bertz CT molecular complexity index is 3680. The maximum absolute atomic E-state index is 2.53. The molecule has 12 aromatic carbocycles. The molecule has 252 valence electrons. The molecule has 0 atom stereocenters. The standard InChI is InChI=1S/C54H30S/c1-3-14-31(15-4-1)47-44-30-43-34-19-8-7-18-33(34)36-21-11-24-40(50(36)43)52(44)48(32-16-5-2-6-17-32)54-42-29-28-35(37-22-12-25-41(49(37)42)53(47)54)38-23-13-27-46-51(38)39-20-9-10-26-45(39)55-46/h1-30H. The molecule has 13 aromatic rings. The zero-order valence-corrected chi connectivity index (χ0v) is 30.5. The molecule has 0 aliphatic rings. The minimum absolute atomic E-state index is 1.25. The third-order valence-electron chi connectivity index (χ3n) is 12.3. The Kier molecular flexibility index (Phi) is 5.86. The van der Waals surface area contributed by atoms with Crippen molar-refractivity contribution in [2.75, 3.05) is 0 Å². The van der Waals surface area contributed by atoms with Crippen LogP contribution in [0.3, 0.4) is 0 Å². The summed E-state index contributed by atoms with van der Waals surface area (Å²) in [6.07, 6.45) is 0. The van der Waals surface area contributed by atoms with Crippen LogP contribution in [0.4, 0.5) is 0 Å². The van der Waals surface area contributed by atoms with Gasteiger partial charge in [-0.2, -0.15) is 0 Å². The fraction of sp³-hybridized carbons (Fsp3) is 0. The maximum Gasteiger partial charge on any atom is 0.0361 e. The topological polar surface area (TPSA) is 0 Å². The predicted octanol–water partition coefficient (Wildman–Crippen LogP) is 16.0. The lowest BCUT2D eigenvalue weighted by Crippen LogP contribution is -1.91. The van der Waals surface area contributed by atoms with Gasteiger partial charge in [-0.15, -0.1) is 11.3 Å². The second kappa shape index (κ2) is 10.9. The van der Waals surface area contributed by atoms with Crippen LogP contribution in [0, 0.1) is 0 Å². The van der Waals surface area contributed by atoms with Gasteiger partial charge >= 0.3 is 0 Å². The molecule has 0 spiro atoms. The Balaban J connectivity index is 1.29. The zero-order chi connectivity index (χ0) is 35.8. The highest BCUT2D eigenvalue weighted by molar-refractivity contribution is 7.26. The Morgan fingerprint density at radius 1 is 0.236 bits per heavy atom. The fourth-order valence-electron chi connectivity index (χ4n) is 10.2. The van der Waals surface area contributed by atoms with Crippen molar-refractivity contribution in [2.24, 2.45) is 0 Å². The Labute approximate surface area is 320 Å². The lowest BCUT2D eigenvalue weighted by Gasteiger charge is -2.19. The van der Waals surface area contributed by atoms with Gasteiger partial charge in [0, 0.05) is 20.2 Å². The highest BCUT2D eigenvalue weighted by Crippen LogP contribution is 2.55. The molecule has 0 unspecified atom stereocenters. The van der Waals surface area contributed by atoms with Gasteiger partial charge in [0.05, 0.1) is 0 Å². The van der Waals surface area contributed by atoms with Crippen LogP contribution in [0.5, 0.6) is 0 Å². The van der Waals surface area contributed by atoms with E-state index in [-0.39, 0.29) is 0 Å². The van der Waals surface area contributed by atoms with Crippen LogP contribution in [-0.2, 0) is 0 Å². The molecule has 0 N–H and O–H groups in total. The van der Waals surface area contributed by atoms with Crippen LogP contribution in [0.2, 0.25) is 0 Å². The van der Waals surface area contributed by atoms with Crippen LogP contribution in [0.15, 0.2) is 182 Å². The molecule has 0 bridgehead atoms. The zero-order valence-electron chi connectivity index (χ0n) is 29.7. The van der Waals surface area contributed by atoms with E-state index in [0.717, 1.165) is 0 Å². The van der Waals surface area contributed by atoms with Crippen molar-refractivity contribution in [1.29, 1.82) is 0 Å². The molecule has 0 nitrogen and oxygen atoms in total. The van der Waals surface area contributed by atoms with E-state index in [1.54, 1.807) is 0 Å². The van der Waals surface area contributed by atoms with Crippen molar-refractivity contribution >= 4 is 107 Å². The molecule has 0 fully saturated rings. The van der Waals surface area contributed by atoms with Crippen molar-refractivity contribution < 1.29 is 0 Å². The summed E-state index contributed by atoms with van der Waals surface area (Å²) < 4.78 is 2.67. The monoisotopic (exact) mass is 710 g/mol. The quantitative estimate of drug-likeness (QED) is 0.160. The average molecular weight is 711 g/mol. The van der Waals surface area contributed by atoms with Gasteiger partial charge < -0.3 is 0 Å². The maximum atomic E-state index is 2.53. The van der Waals surface area contributed by atoms with E-state index < -0.39 is 0 Å². The molecular formula is C54H30S. The van der Waals surface area contributed by atoms with E-state index in [9.17, 15) is 0 Å². The van der Waals surface area contributed by atoms with Crippen molar-refractivity contribution in [1.82, 2.24) is 0 Å². The highest BCUT2D eigenvalue weighted by Gasteiger charge is 2.27. The molecule has 0 saturated carbocycles. The molecule has 0 saturated heterocycles. The van der Waals surface area contributed by atoms with Crippen molar-refractivity contribution in [2.45, 2.75) is 0 Å². The third kappa shape index (κ3) is 3.85. The first kappa shape index (κ1) is 29.6. The van der Waals surface area contributed by atoms with Gasteiger partial charge in [0.2, 0.25) is 0 Å². The van der Waals surface area contributed by atoms with Gasteiger partial charge in [0.1, 0.15) is 0 Å². The second-order valence-electron chi connectivity index (χ2n) is 15.0. The summed E-state index contributed by atoms with van der Waals surface area (Å²) in [7, 11) is 0. The average Bonchev–Trinajstić information content (AvgIpc) is 3.90. The summed E-state index contributed by atoms with van der Waals surface area (Å²) in [5.74, 6) is 0. The molecule has 55 heavy (non-hydrogen) atoms. The van der Waals surface area contributed by atoms with E-state index >= 15 is 0 Å². The summed E-state index contributed by atoms with van der Waals surface area (Å²) in [6.45, 7) is 0. The summed E-state index contributed by atoms with van der Waals surface area (Å²) in [5.41, 5.74) is 7.72. The van der Waals surface area contributed by atoms with Crippen LogP contribution < -0.4 is 0 Å². The molecule has 0 radical (unpaired) electrons. The summed E-state index contributed by atoms with van der Waals surface area (Å²) >= 11 is 1.89. The minimum Gasteiger partial charge on any atom is -0.135 e. The number of fused-ring (bicyclic) bond motifs is 11. The lowest BCUT2D eigenvalue weighted by atomic mass is 9.84. The first-order chi connectivity index (χ1) is 27.3. The highest BCUT2D eigenvalue weighted by atomic mass is 32.1. The van der Waals surface area contributed by atoms with Gasteiger partial charge in [0.25, 0.3) is 0 Å². The fourth-order valence-corrected chi connectivity index (χ4v) is 11.4. The number of thiophene rings is 1. The normalized spacial score (nSPS) is 12.4. The van der Waals surface area contributed by atoms with Crippen LogP contribution in [0.1, 0.15) is 0 Å². The van der Waals surface area contributed by atoms with Gasteiger partial charge in [-0.1, -0.05) is 164 Å². The molecule has 0 aliphatic heterocycles. The van der Waals surface area contributed by atoms with E-state index in [1.807, 2.05) is 11.3 Å². The van der Waals surface area contributed by atoms with Gasteiger partial charge in [-0.05, 0) is 127 Å². The van der Waals surface area contributed by atoms with Crippen molar-refractivity contribution in [3.8, 4) is 33.4 Å². The van der Waals surface area contributed by atoms with Crippen LogP contribution >= 0.6 is 11.3 Å². The van der Waals surface area contributed by atoms with Gasteiger partial charge in [-0.25, -0.2) is 0 Å². The summed E-state index contributed by atoms with van der Waals surface area (Å²) in [4.78, 5) is 0. The molecule has 1 aromatic heterocycles. The molecule has 0 aliphatic carbocycles. The first-order valence-corrected chi connectivity index (χ1v) is 19.9. The Morgan fingerprint density at radius 2 is 0.764 bits per heavy atom. The number of hydrogen-bond acceptors (Lipinski definition) is 1. The first-order valence-electron chi connectivity index (χ1n) is 19.1. The minimum atomic E-state index is 1.25. The predicted molar refractivity (Wildman–Crippen MR) is 241 cm³/mol. The third-order valence-corrected chi connectivity index (χ3v) is 13.5. The van der Waals surface area contributed by atoms with Crippen LogP contribution in [-0.4, -0.2) is 0 Å².